The first-order valence-electron chi connectivity index (χ1n) is 4.72. The molecule has 16 heavy (non-hydrogen) atoms. The van der Waals surface area contributed by atoms with E-state index in [-0.39, 0.29) is 0 Å². The normalized spacial score (nSPS) is 11.1. The highest BCUT2D eigenvalue weighted by Gasteiger charge is 1.98. The summed E-state index contributed by atoms with van der Waals surface area (Å²) in [6.45, 7) is 0. The summed E-state index contributed by atoms with van der Waals surface area (Å²) in [6.07, 6.45) is 5.32. The van der Waals surface area contributed by atoms with Gasteiger partial charge in [-0.3, -0.25) is 0 Å². The summed E-state index contributed by atoms with van der Waals surface area (Å²) in [5.41, 5.74) is 1.84. The van der Waals surface area contributed by atoms with Crippen LogP contribution in [-0.4, -0.2) is 4.98 Å². The molecule has 0 bridgehead atoms. The molecule has 0 amide bonds. The van der Waals surface area contributed by atoms with Gasteiger partial charge in [-0.2, -0.15) is 0 Å². The summed E-state index contributed by atoms with van der Waals surface area (Å²) in [6, 6.07) is 7.98. The van der Waals surface area contributed by atoms with Crippen molar-refractivity contribution in [2.75, 3.05) is 0 Å². The smallest absolute Gasteiger partial charge is 0.218 e. The number of hydrogen-bond acceptors (Lipinski definition) is 2. The molecule has 0 saturated heterocycles. The Morgan fingerprint density at radius 2 is 2.00 bits per heavy atom. The maximum absolute atomic E-state index is 5.62. The van der Waals surface area contributed by atoms with Crippen LogP contribution in [0.1, 0.15) is 17.1 Å². The summed E-state index contributed by atoms with van der Waals surface area (Å²) < 4.78 is 6.27. The zero-order valence-electron chi connectivity index (χ0n) is 8.36. The van der Waals surface area contributed by atoms with Gasteiger partial charge in [-0.1, -0.05) is 28.1 Å². The zero-order valence-corrected chi connectivity index (χ0v) is 10.7. The molecule has 0 unspecified atom stereocenters. The van der Waals surface area contributed by atoms with Gasteiger partial charge < -0.3 is 4.42 Å². The quantitative estimate of drug-likeness (QED) is 0.788. The Balaban J connectivity index is 2.11. The lowest BCUT2D eigenvalue weighted by molar-refractivity contribution is 0.546. The third-order valence-electron chi connectivity index (χ3n) is 1.99. The van der Waals surface area contributed by atoms with Gasteiger partial charge in [0.2, 0.25) is 5.89 Å². The molecule has 2 nitrogen and oxygen atoms in total. The first kappa shape index (κ1) is 11.4. The van der Waals surface area contributed by atoms with E-state index in [0.29, 0.717) is 11.8 Å². The third kappa shape index (κ3) is 2.97. The summed E-state index contributed by atoms with van der Waals surface area (Å²) in [4.78, 5) is 4.17. The van der Waals surface area contributed by atoms with E-state index >= 15 is 0 Å². The van der Waals surface area contributed by atoms with Crippen LogP contribution in [0.25, 0.3) is 12.2 Å². The predicted octanol–water partition coefficient (Wildman–Crippen LogP) is 4.35. The fourth-order valence-electron chi connectivity index (χ4n) is 1.20. The molecule has 0 spiro atoms. The fraction of sp³-hybridized carbons (Fsp3) is 0.0833. The van der Waals surface area contributed by atoms with E-state index in [4.69, 9.17) is 16.0 Å². The Bertz CT molecular complexity index is 490. The lowest BCUT2D eigenvalue weighted by Crippen LogP contribution is -1.76. The summed E-state index contributed by atoms with van der Waals surface area (Å²) in [5.74, 6) is 0.939. The van der Waals surface area contributed by atoms with Crippen LogP contribution in [0, 0.1) is 0 Å². The van der Waals surface area contributed by atoms with Gasteiger partial charge in [-0.05, 0) is 23.8 Å². The first-order valence-corrected chi connectivity index (χ1v) is 6.05. The molecule has 1 heterocycles. The zero-order chi connectivity index (χ0) is 11.4. The standard InChI is InChI=1S/C12H9BrClNO/c13-10-4-1-9(2-5-10)3-6-12-15-11(7-14)8-16-12/h1-6,8H,7H2. The van der Waals surface area contributed by atoms with Crippen molar-refractivity contribution in [1.82, 2.24) is 4.98 Å². The highest BCUT2D eigenvalue weighted by molar-refractivity contribution is 9.10. The minimum atomic E-state index is 0.371. The van der Waals surface area contributed by atoms with E-state index in [2.05, 4.69) is 20.9 Å². The molecule has 2 aromatic rings. The third-order valence-corrected chi connectivity index (χ3v) is 2.80. The number of hydrogen-bond donors (Lipinski definition) is 0. The van der Waals surface area contributed by atoms with Crippen molar-refractivity contribution < 1.29 is 4.42 Å². The molecule has 0 atom stereocenters. The van der Waals surface area contributed by atoms with Crippen molar-refractivity contribution in [3.05, 3.63) is 52.1 Å². The van der Waals surface area contributed by atoms with Crippen LogP contribution >= 0.6 is 27.5 Å². The van der Waals surface area contributed by atoms with E-state index in [9.17, 15) is 0 Å². The SMILES string of the molecule is ClCc1coc(C=Cc2ccc(Br)cc2)n1. The van der Waals surface area contributed by atoms with Crippen molar-refractivity contribution in [3.8, 4) is 0 Å². The average Bonchev–Trinajstić information content (AvgIpc) is 2.76. The molecule has 1 aromatic heterocycles. The van der Waals surface area contributed by atoms with Crippen LogP contribution in [0.2, 0.25) is 0 Å². The molecule has 0 fully saturated rings. The number of halogens is 2. The largest absolute Gasteiger partial charge is 0.445 e. The monoisotopic (exact) mass is 297 g/mol. The molecule has 1 aromatic carbocycles. The maximum atomic E-state index is 5.62. The van der Waals surface area contributed by atoms with E-state index in [0.717, 1.165) is 15.7 Å². The topological polar surface area (TPSA) is 26.0 Å². The van der Waals surface area contributed by atoms with Crippen LogP contribution in [0.15, 0.2) is 39.4 Å². The molecule has 2 rings (SSSR count). The Morgan fingerprint density at radius 1 is 1.25 bits per heavy atom. The minimum absolute atomic E-state index is 0.371. The van der Waals surface area contributed by atoms with Crippen LogP contribution in [0.4, 0.5) is 0 Å². The molecular weight excluding hydrogens is 289 g/mol. The summed E-state index contributed by atoms with van der Waals surface area (Å²) >= 11 is 9.01. The number of oxazole rings is 1. The first-order chi connectivity index (χ1) is 7.78. The van der Waals surface area contributed by atoms with Crippen molar-refractivity contribution >= 4 is 39.7 Å². The Kier molecular flexibility index (Phi) is 3.80. The van der Waals surface area contributed by atoms with Crippen LogP contribution < -0.4 is 0 Å². The number of nitrogens with zero attached hydrogens (tertiary/aromatic N) is 1. The van der Waals surface area contributed by atoms with Gasteiger partial charge in [0.25, 0.3) is 0 Å². The van der Waals surface area contributed by atoms with Gasteiger partial charge in [0.1, 0.15) is 6.26 Å². The minimum Gasteiger partial charge on any atom is -0.445 e. The van der Waals surface area contributed by atoms with Crippen LogP contribution in [0.5, 0.6) is 0 Å². The number of aromatic nitrogens is 1. The van der Waals surface area contributed by atoms with Crippen LogP contribution in [-0.2, 0) is 5.88 Å². The van der Waals surface area contributed by atoms with Crippen molar-refractivity contribution in [3.63, 3.8) is 0 Å². The number of rotatable bonds is 3. The lowest BCUT2D eigenvalue weighted by atomic mass is 10.2. The molecular formula is C12H9BrClNO. The number of alkyl halides is 1. The van der Waals surface area contributed by atoms with Gasteiger partial charge >= 0.3 is 0 Å². The maximum Gasteiger partial charge on any atom is 0.218 e. The second-order valence-electron chi connectivity index (χ2n) is 3.20. The molecule has 4 heteroatoms. The van der Waals surface area contributed by atoms with E-state index in [1.807, 2.05) is 36.4 Å². The Hall–Kier alpha value is -1.06. The highest BCUT2D eigenvalue weighted by atomic mass is 79.9. The van der Waals surface area contributed by atoms with E-state index in [1.54, 1.807) is 6.26 Å². The number of benzene rings is 1. The Morgan fingerprint density at radius 3 is 2.62 bits per heavy atom. The van der Waals surface area contributed by atoms with Gasteiger partial charge in [-0.15, -0.1) is 11.6 Å². The second kappa shape index (κ2) is 5.32. The van der Waals surface area contributed by atoms with Gasteiger partial charge in [0.15, 0.2) is 0 Å². The van der Waals surface area contributed by atoms with Gasteiger partial charge in [0.05, 0.1) is 11.6 Å². The molecule has 0 aliphatic heterocycles. The van der Waals surface area contributed by atoms with Crippen LogP contribution in [0.3, 0.4) is 0 Å². The average molecular weight is 299 g/mol. The van der Waals surface area contributed by atoms with E-state index in [1.165, 1.54) is 0 Å². The fourth-order valence-corrected chi connectivity index (χ4v) is 1.59. The molecule has 82 valence electrons. The van der Waals surface area contributed by atoms with Crippen molar-refractivity contribution in [2.45, 2.75) is 5.88 Å². The predicted molar refractivity (Wildman–Crippen MR) is 69.1 cm³/mol. The van der Waals surface area contributed by atoms with E-state index < -0.39 is 0 Å². The molecule has 0 N–H and O–H groups in total. The molecule has 0 radical (unpaired) electrons. The van der Waals surface area contributed by atoms with Gasteiger partial charge in [-0.25, -0.2) is 4.98 Å². The summed E-state index contributed by atoms with van der Waals surface area (Å²) in [5, 5.41) is 0. The molecule has 0 aliphatic rings. The lowest BCUT2D eigenvalue weighted by Gasteiger charge is -1.92. The second-order valence-corrected chi connectivity index (χ2v) is 4.38. The Labute approximate surface area is 107 Å². The van der Waals surface area contributed by atoms with Gasteiger partial charge in [0, 0.05) is 10.5 Å². The van der Waals surface area contributed by atoms with Crippen molar-refractivity contribution in [2.24, 2.45) is 0 Å². The highest BCUT2D eigenvalue weighted by Crippen LogP contribution is 2.13. The van der Waals surface area contributed by atoms with Crippen molar-refractivity contribution in [1.29, 1.82) is 0 Å². The molecule has 0 saturated carbocycles. The summed E-state index contributed by atoms with van der Waals surface area (Å²) in [7, 11) is 0. The molecule has 0 aliphatic carbocycles.